The fraction of sp³-hybridized carbons (Fsp3) is 0.333. The van der Waals surface area contributed by atoms with Gasteiger partial charge < -0.3 is 24.6 Å². The zero-order valence-corrected chi connectivity index (χ0v) is 16.2. The standard InChI is InChI=1S/C21H25NO6/c1-26-17-11-14(12-18(27-2)21(17)28-3)13-19(23)22-16(9-10-20(24)25)15-7-5-4-6-8-15/h4-8,11-12,16H,9-10,13H2,1-3H3,(H,22,23)(H,24,25). The molecule has 0 fully saturated rings. The number of carboxylic acid groups (broad SMARTS) is 1. The molecule has 0 aliphatic heterocycles. The van der Waals surface area contributed by atoms with Crippen LogP contribution in [0.2, 0.25) is 0 Å². The minimum atomic E-state index is -0.903. The minimum Gasteiger partial charge on any atom is -0.493 e. The van der Waals surface area contributed by atoms with Crippen molar-refractivity contribution in [2.75, 3.05) is 21.3 Å². The van der Waals surface area contributed by atoms with Crippen molar-refractivity contribution < 1.29 is 28.9 Å². The highest BCUT2D eigenvalue weighted by molar-refractivity contribution is 5.79. The lowest BCUT2D eigenvalue weighted by Crippen LogP contribution is -2.30. The van der Waals surface area contributed by atoms with Gasteiger partial charge in [-0.05, 0) is 29.7 Å². The third-order valence-corrected chi connectivity index (χ3v) is 4.27. The highest BCUT2D eigenvalue weighted by Gasteiger charge is 2.18. The van der Waals surface area contributed by atoms with Crippen LogP contribution < -0.4 is 19.5 Å². The lowest BCUT2D eigenvalue weighted by atomic mass is 10.0. The summed E-state index contributed by atoms with van der Waals surface area (Å²) in [5, 5.41) is 11.9. The van der Waals surface area contributed by atoms with Crippen LogP contribution in [0, 0.1) is 0 Å². The number of benzene rings is 2. The normalized spacial score (nSPS) is 11.4. The van der Waals surface area contributed by atoms with Crippen LogP contribution in [-0.2, 0) is 16.0 Å². The number of aliphatic carboxylic acids is 1. The van der Waals surface area contributed by atoms with Crippen molar-refractivity contribution in [2.24, 2.45) is 0 Å². The maximum Gasteiger partial charge on any atom is 0.303 e. The molecule has 2 N–H and O–H groups in total. The number of carbonyl (C=O) groups excluding carboxylic acids is 1. The molecule has 1 atom stereocenters. The van der Waals surface area contributed by atoms with E-state index in [4.69, 9.17) is 19.3 Å². The van der Waals surface area contributed by atoms with Crippen LogP contribution in [0.4, 0.5) is 0 Å². The summed E-state index contributed by atoms with van der Waals surface area (Å²) in [6, 6.07) is 12.4. The fourth-order valence-electron chi connectivity index (χ4n) is 2.94. The Kier molecular flexibility index (Phi) is 7.68. The molecule has 2 rings (SSSR count). The summed E-state index contributed by atoms with van der Waals surface area (Å²) >= 11 is 0. The maximum atomic E-state index is 12.6. The first-order chi connectivity index (χ1) is 13.5. The molecule has 0 heterocycles. The van der Waals surface area contributed by atoms with Crippen LogP contribution in [-0.4, -0.2) is 38.3 Å². The molecule has 0 aliphatic rings. The highest BCUT2D eigenvalue weighted by Crippen LogP contribution is 2.38. The molecule has 0 saturated heterocycles. The number of rotatable bonds is 10. The first-order valence-electron chi connectivity index (χ1n) is 8.83. The van der Waals surface area contributed by atoms with Gasteiger partial charge in [-0.25, -0.2) is 0 Å². The van der Waals surface area contributed by atoms with E-state index in [2.05, 4.69) is 5.32 Å². The van der Waals surface area contributed by atoms with Crippen LogP contribution in [0.25, 0.3) is 0 Å². The second kappa shape index (κ2) is 10.2. The van der Waals surface area contributed by atoms with E-state index in [1.807, 2.05) is 30.3 Å². The van der Waals surface area contributed by atoms with Gasteiger partial charge in [0.1, 0.15) is 0 Å². The SMILES string of the molecule is COc1cc(CC(=O)NC(CCC(=O)O)c2ccccc2)cc(OC)c1OC. The molecule has 2 aromatic rings. The van der Waals surface area contributed by atoms with Gasteiger partial charge in [-0.15, -0.1) is 0 Å². The number of methoxy groups -OCH3 is 3. The Morgan fingerprint density at radius 1 is 1.00 bits per heavy atom. The largest absolute Gasteiger partial charge is 0.493 e. The summed E-state index contributed by atoms with van der Waals surface area (Å²) in [7, 11) is 4.54. The van der Waals surface area contributed by atoms with Gasteiger partial charge in [0.25, 0.3) is 0 Å². The van der Waals surface area contributed by atoms with Gasteiger partial charge in [-0.3, -0.25) is 9.59 Å². The molecule has 1 amide bonds. The maximum absolute atomic E-state index is 12.6. The van der Waals surface area contributed by atoms with Gasteiger partial charge >= 0.3 is 5.97 Å². The van der Waals surface area contributed by atoms with Crippen LogP contribution >= 0.6 is 0 Å². The quantitative estimate of drug-likeness (QED) is 0.651. The molecule has 0 aromatic heterocycles. The van der Waals surface area contributed by atoms with E-state index in [9.17, 15) is 9.59 Å². The van der Waals surface area contributed by atoms with Crippen LogP contribution in [0.5, 0.6) is 17.2 Å². The number of carbonyl (C=O) groups is 2. The number of hydrogen-bond acceptors (Lipinski definition) is 5. The average Bonchev–Trinajstić information content (AvgIpc) is 2.70. The summed E-state index contributed by atoms with van der Waals surface area (Å²) < 4.78 is 15.9. The van der Waals surface area contributed by atoms with Gasteiger partial charge in [-0.2, -0.15) is 0 Å². The third-order valence-electron chi connectivity index (χ3n) is 4.27. The van der Waals surface area contributed by atoms with Crippen LogP contribution in [0.15, 0.2) is 42.5 Å². The summed E-state index contributed by atoms with van der Waals surface area (Å²) in [6.45, 7) is 0. The Bertz CT molecular complexity index is 781. The van der Waals surface area contributed by atoms with Gasteiger partial charge in [0, 0.05) is 6.42 Å². The number of amides is 1. The summed E-state index contributed by atoms with van der Waals surface area (Å²) in [5.41, 5.74) is 1.55. The van der Waals surface area contributed by atoms with Crippen molar-refractivity contribution in [1.82, 2.24) is 5.32 Å². The molecule has 0 spiro atoms. The van der Waals surface area contributed by atoms with Crippen LogP contribution in [0.1, 0.15) is 30.0 Å². The molecule has 28 heavy (non-hydrogen) atoms. The van der Waals surface area contributed by atoms with Gasteiger partial charge in [0.15, 0.2) is 11.5 Å². The second-order valence-electron chi connectivity index (χ2n) is 6.17. The first-order valence-corrected chi connectivity index (χ1v) is 8.83. The van der Waals surface area contributed by atoms with E-state index in [0.29, 0.717) is 29.2 Å². The minimum absolute atomic E-state index is 0.0377. The summed E-state index contributed by atoms with van der Waals surface area (Å²) in [4.78, 5) is 23.6. The van der Waals surface area contributed by atoms with Gasteiger partial charge in [-0.1, -0.05) is 30.3 Å². The van der Waals surface area contributed by atoms with E-state index in [1.54, 1.807) is 12.1 Å². The average molecular weight is 387 g/mol. The van der Waals surface area contributed by atoms with E-state index in [0.717, 1.165) is 5.56 Å². The van der Waals surface area contributed by atoms with Crippen LogP contribution in [0.3, 0.4) is 0 Å². The Hall–Kier alpha value is -3.22. The number of nitrogens with one attached hydrogen (secondary N) is 1. The molecule has 7 nitrogen and oxygen atoms in total. The molecule has 150 valence electrons. The van der Waals surface area contributed by atoms with E-state index in [-0.39, 0.29) is 24.8 Å². The second-order valence-corrected chi connectivity index (χ2v) is 6.17. The molecule has 7 heteroatoms. The summed E-state index contributed by atoms with van der Waals surface area (Å²) in [5.74, 6) is 0.261. The zero-order chi connectivity index (χ0) is 20.5. The van der Waals surface area contributed by atoms with E-state index < -0.39 is 5.97 Å². The predicted molar refractivity (Wildman–Crippen MR) is 104 cm³/mol. The molecular formula is C21H25NO6. The predicted octanol–water partition coefficient (Wildman–Crippen LogP) is 2.98. The van der Waals surface area contributed by atoms with Crippen molar-refractivity contribution in [3.05, 3.63) is 53.6 Å². The Balaban J connectivity index is 2.17. The van der Waals surface area contributed by atoms with E-state index in [1.165, 1.54) is 21.3 Å². The van der Waals surface area contributed by atoms with Gasteiger partial charge in [0.2, 0.25) is 11.7 Å². The van der Waals surface area contributed by atoms with Crippen molar-refractivity contribution in [1.29, 1.82) is 0 Å². The zero-order valence-electron chi connectivity index (χ0n) is 16.2. The Labute approximate surface area is 164 Å². The molecule has 0 bridgehead atoms. The molecule has 2 aromatic carbocycles. The number of carboxylic acids is 1. The van der Waals surface area contributed by atoms with Crippen molar-refractivity contribution >= 4 is 11.9 Å². The lowest BCUT2D eigenvalue weighted by molar-refractivity contribution is -0.137. The molecule has 1 unspecified atom stereocenters. The molecule has 0 radical (unpaired) electrons. The lowest BCUT2D eigenvalue weighted by Gasteiger charge is -2.19. The third kappa shape index (κ3) is 5.64. The first kappa shape index (κ1) is 21.1. The monoisotopic (exact) mass is 387 g/mol. The van der Waals surface area contributed by atoms with Crippen molar-refractivity contribution in [3.63, 3.8) is 0 Å². The fourth-order valence-corrected chi connectivity index (χ4v) is 2.94. The Morgan fingerprint density at radius 3 is 2.11 bits per heavy atom. The molecular weight excluding hydrogens is 362 g/mol. The Morgan fingerprint density at radius 2 is 1.61 bits per heavy atom. The summed E-state index contributed by atoms with van der Waals surface area (Å²) in [6.07, 6.45) is 0.359. The number of hydrogen-bond donors (Lipinski definition) is 2. The number of ether oxygens (including phenoxy) is 3. The molecule has 0 saturated carbocycles. The van der Waals surface area contributed by atoms with Gasteiger partial charge in [0.05, 0.1) is 33.8 Å². The van der Waals surface area contributed by atoms with Crippen molar-refractivity contribution in [2.45, 2.75) is 25.3 Å². The highest BCUT2D eigenvalue weighted by atomic mass is 16.5. The van der Waals surface area contributed by atoms with E-state index >= 15 is 0 Å². The smallest absolute Gasteiger partial charge is 0.303 e. The van der Waals surface area contributed by atoms with Crippen molar-refractivity contribution in [3.8, 4) is 17.2 Å². The topological polar surface area (TPSA) is 94.1 Å². The molecule has 0 aliphatic carbocycles.